The molecule has 5 atom stereocenters. The number of amides is 1. The fraction of sp³-hybridized carbons (Fsp3) is 0.929. The summed E-state index contributed by atoms with van der Waals surface area (Å²) in [6, 6.07) is -0.735. The van der Waals surface area contributed by atoms with Crippen molar-refractivity contribution in [2.24, 2.45) is 0 Å². The number of hydrogen-bond acceptors (Lipinski definition) is 7. The molecule has 0 bridgehead atoms. The van der Waals surface area contributed by atoms with Crippen molar-refractivity contribution >= 4 is 35.0 Å². The zero-order valence-electron chi connectivity index (χ0n) is 14.1. The number of carbonyl (C=O) groups is 1. The standard InChI is InChI=1S/C14H27BNO5S2/c1-5-6-14(3,4)23-15-22-13-10(16-8(2)18)12(20)11(19)9(7-17)21-13/h9-13,17,19-20H,5-7H2,1-4H3,(H,16,18). The molecule has 1 heterocycles. The van der Waals surface area contributed by atoms with Crippen molar-refractivity contribution in [2.75, 3.05) is 6.61 Å². The molecule has 4 N–H and O–H groups in total. The maximum Gasteiger partial charge on any atom is 0.271 e. The van der Waals surface area contributed by atoms with Gasteiger partial charge < -0.3 is 25.4 Å². The zero-order valence-corrected chi connectivity index (χ0v) is 15.7. The van der Waals surface area contributed by atoms with Crippen LogP contribution >= 0.6 is 23.2 Å². The normalized spacial score (nSPS) is 31.7. The van der Waals surface area contributed by atoms with E-state index in [0.717, 1.165) is 12.8 Å². The van der Waals surface area contributed by atoms with Crippen molar-refractivity contribution in [1.29, 1.82) is 0 Å². The average Bonchev–Trinajstić information content (AvgIpc) is 2.45. The molecule has 133 valence electrons. The summed E-state index contributed by atoms with van der Waals surface area (Å²) in [5, 5.41) is 32.1. The Morgan fingerprint density at radius 3 is 2.52 bits per heavy atom. The molecule has 1 aliphatic rings. The summed E-state index contributed by atoms with van der Waals surface area (Å²) in [7, 11) is 0. The topological polar surface area (TPSA) is 99.0 Å². The van der Waals surface area contributed by atoms with Crippen LogP contribution in [0.4, 0.5) is 0 Å². The third-order valence-corrected chi connectivity index (χ3v) is 6.00. The van der Waals surface area contributed by atoms with E-state index in [-0.39, 0.29) is 10.7 Å². The Labute approximate surface area is 147 Å². The van der Waals surface area contributed by atoms with E-state index in [1.54, 1.807) is 11.6 Å². The van der Waals surface area contributed by atoms with Gasteiger partial charge in [-0.2, -0.15) is 23.2 Å². The number of carbonyl (C=O) groups excluding carboxylic acids is 1. The van der Waals surface area contributed by atoms with E-state index in [2.05, 4.69) is 26.1 Å². The van der Waals surface area contributed by atoms with Gasteiger partial charge in [0.1, 0.15) is 23.7 Å². The predicted molar refractivity (Wildman–Crippen MR) is 95.3 cm³/mol. The van der Waals surface area contributed by atoms with Crippen LogP contribution in [0.25, 0.3) is 0 Å². The minimum absolute atomic E-state index is 0.0917. The highest BCUT2D eigenvalue weighted by Gasteiger charge is 2.44. The van der Waals surface area contributed by atoms with Crippen LogP contribution in [0.15, 0.2) is 0 Å². The van der Waals surface area contributed by atoms with Gasteiger partial charge in [-0.3, -0.25) is 4.79 Å². The van der Waals surface area contributed by atoms with Crippen LogP contribution in [0.3, 0.4) is 0 Å². The highest BCUT2D eigenvalue weighted by molar-refractivity contribution is 8.51. The minimum atomic E-state index is -1.24. The van der Waals surface area contributed by atoms with Crippen molar-refractivity contribution in [3.8, 4) is 0 Å². The summed E-state index contributed by atoms with van der Waals surface area (Å²) in [5.41, 5.74) is -0.570. The molecule has 0 saturated carbocycles. The molecule has 1 aliphatic heterocycles. The van der Waals surface area contributed by atoms with Crippen LogP contribution in [0.5, 0.6) is 0 Å². The summed E-state index contributed by atoms with van der Waals surface area (Å²) >= 11 is 3.01. The molecule has 0 aliphatic carbocycles. The molecular weight excluding hydrogens is 337 g/mol. The first kappa shape index (κ1) is 21.1. The predicted octanol–water partition coefficient (Wildman–Crippen LogP) is 0.509. The molecule has 9 heteroatoms. The Morgan fingerprint density at radius 1 is 1.35 bits per heavy atom. The molecule has 1 amide bonds. The van der Waals surface area contributed by atoms with Gasteiger partial charge in [-0.05, 0) is 6.42 Å². The third-order valence-electron chi connectivity index (χ3n) is 3.66. The molecule has 0 spiro atoms. The van der Waals surface area contributed by atoms with E-state index in [0.29, 0.717) is 0 Å². The number of hydrogen-bond donors (Lipinski definition) is 4. The summed E-state index contributed by atoms with van der Waals surface area (Å²) < 4.78 is 5.74. The van der Waals surface area contributed by atoms with Crippen LogP contribution in [0, 0.1) is 0 Å². The molecular formula is C14H27BNO5S2. The quantitative estimate of drug-likeness (QED) is 0.466. The molecule has 0 aromatic carbocycles. The van der Waals surface area contributed by atoms with Crippen LogP contribution in [-0.2, 0) is 9.53 Å². The highest BCUT2D eigenvalue weighted by Crippen LogP contribution is 2.34. The van der Waals surface area contributed by atoms with Gasteiger partial charge in [0.05, 0.1) is 12.6 Å². The van der Waals surface area contributed by atoms with Crippen molar-refractivity contribution in [2.45, 2.75) is 75.1 Å². The monoisotopic (exact) mass is 364 g/mol. The summed E-state index contributed by atoms with van der Waals surface area (Å²) in [4.78, 5) is 11.3. The molecule has 6 nitrogen and oxygen atoms in total. The zero-order chi connectivity index (χ0) is 17.6. The first-order valence-electron chi connectivity index (χ1n) is 7.76. The van der Waals surface area contributed by atoms with Crippen molar-refractivity contribution in [3.05, 3.63) is 0 Å². The average molecular weight is 364 g/mol. The molecule has 1 fully saturated rings. The van der Waals surface area contributed by atoms with Crippen molar-refractivity contribution in [1.82, 2.24) is 5.32 Å². The van der Waals surface area contributed by atoms with E-state index in [4.69, 9.17) is 4.74 Å². The molecule has 23 heavy (non-hydrogen) atoms. The number of aliphatic hydroxyl groups excluding tert-OH is 3. The van der Waals surface area contributed by atoms with E-state index in [9.17, 15) is 20.1 Å². The summed E-state index contributed by atoms with van der Waals surface area (Å²) in [6.07, 6.45) is -1.14. The Bertz CT molecular complexity index is 388. The molecule has 1 saturated heterocycles. The maximum atomic E-state index is 11.3. The lowest BCUT2D eigenvalue weighted by atomic mass is 9.98. The third kappa shape index (κ3) is 6.47. The van der Waals surface area contributed by atoms with E-state index < -0.39 is 36.4 Å². The van der Waals surface area contributed by atoms with Crippen LogP contribution in [0.1, 0.15) is 40.5 Å². The second-order valence-electron chi connectivity index (χ2n) is 6.29. The van der Waals surface area contributed by atoms with E-state index in [1.807, 2.05) is 5.84 Å². The number of aliphatic hydroxyl groups is 3. The van der Waals surface area contributed by atoms with Crippen LogP contribution < -0.4 is 5.32 Å². The van der Waals surface area contributed by atoms with Gasteiger partial charge in [0.25, 0.3) is 5.84 Å². The molecule has 1 radical (unpaired) electrons. The first-order chi connectivity index (χ1) is 10.7. The minimum Gasteiger partial charge on any atom is -0.394 e. The van der Waals surface area contributed by atoms with Crippen molar-refractivity contribution in [3.63, 3.8) is 0 Å². The molecule has 5 unspecified atom stereocenters. The van der Waals surface area contributed by atoms with Crippen molar-refractivity contribution < 1.29 is 24.9 Å². The largest absolute Gasteiger partial charge is 0.394 e. The first-order valence-corrected chi connectivity index (χ1v) is 9.58. The van der Waals surface area contributed by atoms with E-state index in [1.165, 1.54) is 18.5 Å². The van der Waals surface area contributed by atoms with Gasteiger partial charge >= 0.3 is 0 Å². The van der Waals surface area contributed by atoms with Gasteiger partial charge in [-0.1, -0.05) is 27.2 Å². The second-order valence-corrected chi connectivity index (χ2v) is 9.14. The van der Waals surface area contributed by atoms with Gasteiger partial charge in [0.2, 0.25) is 5.91 Å². The fourth-order valence-corrected chi connectivity index (χ4v) is 5.09. The Balaban J connectivity index is 2.68. The number of rotatable bonds is 8. The second kappa shape index (κ2) is 9.53. The van der Waals surface area contributed by atoms with Crippen LogP contribution in [0.2, 0.25) is 0 Å². The van der Waals surface area contributed by atoms with Crippen LogP contribution in [-0.4, -0.2) is 68.2 Å². The summed E-state index contributed by atoms with van der Waals surface area (Å²) in [5.74, 6) is 1.63. The Morgan fingerprint density at radius 2 is 2.00 bits per heavy atom. The molecule has 0 aromatic heterocycles. The van der Waals surface area contributed by atoms with Gasteiger partial charge in [0.15, 0.2) is 0 Å². The smallest absolute Gasteiger partial charge is 0.271 e. The van der Waals surface area contributed by atoms with Gasteiger partial charge in [-0.25, -0.2) is 0 Å². The SMILES string of the molecule is CCCC(C)(C)S[B]SC1OC(CO)C(O)C(O)C1NC(C)=O. The Hall–Kier alpha value is 0.0749. The molecule has 0 aromatic rings. The van der Waals surface area contributed by atoms with Gasteiger partial charge in [-0.15, -0.1) is 0 Å². The lowest BCUT2D eigenvalue weighted by molar-refractivity contribution is -0.173. The number of ether oxygens (including phenoxy) is 1. The Kier molecular flexibility index (Phi) is 8.75. The summed E-state index contributed by atoms with van der Waals surface area (Å²) in [6.45, 7) is 7.40. The lowest BCUT2D eigenvalue weighted by Gasteiger charge is -2.42. The number of nitrogens with one attached hydrogen (secondary N) is 1. The highest BCUT2D eigenvalue weighted by atomic mass is 32.2. The lowest BCUT2D eigenvalue weighted by Crippen LogP contribution is -2.63. The molecule has 1 rings (SSSR count). The maximum absolute atomic E-state index is 11.3. The fourth-order valence-electron chi connectivity index (χ4n) is 2.46. The van der Waals surface area contributed by atoms with E-state index >= 15 is 0 Å². The van der Waals surface area contributed by atoms with Gasteiger partial charge in [0, 0.05) is 11.7 Å².